The number of hydrazone groups is 1. The lowest BCUT2D eigenvalue weighted by Gasteiger charge is -2.10. The molecule has 0 aliphatic rings. The first-order chi connectivity index (χ1) is 19.5. The first kappa shape index (κ1) is 26.8. The number of esters is 1. The molecule has 2 N–H and O–H groups in total. The van der Waals surface area contributed by atoms with Crippen molar-refractivity contribution in [2.24, 2.45) is 5.10 Å². The van der Waals surface area contributed by atoms with Crippen molar-refractivity contribution in [2.45, 2.75) is 6.92 Å². The minimum Gasteiger partial charge on any atom is -0.495 e. The van der Waals surface area contributed by atoms with E-state index in [1.807, 2.05) is 49.4 Å². The molecule has 0 aliphatic carbocycles. The zero-order chi connectivity index (χ0) is 28.1. The van der Waals surface area contributed by atoms with E-state index in [4.69, 9.17) is 18.6 Å². The Balaban J connectivity index is 1.41. The topological polar surface area (TPSA) is 115 Å². The number of rotatable bonds is 9. The number of aromatic amines is 1. The van der Waals surface area contributed by atoms with Crippen molar-refractivity contribution in [1.29, 1.82) is 0 Å². The highest BCUT2D eigenvalue weighted by atomic mass is 79.9. The smallest absolute Gasteiger partial charge is 0.379 e. The number of carbonyl (C=O) groups is 2. The highest BCUT2D eigenvalue weighted by Crippen LogP contribution is 2.40. The molecule has 0 aliphatic heterocycles. The molecule has 10 heteroatoms. The summed E-state index contributed by atoms with van der Waals surface area (Å²) in [5.74, 6) is 0.178. The number of furan rings is 1. The number of hydrogen-bond donors (Lipinski definition) is 2. The van der Waals surface area contributed by atoms with Gasteiger partial charge in [0.2, 0.25) is 5.76 Å². The van der Waals surface area contributed by atoms with E-state index in [1.165, 1.54) is 18.5 Å². The van der Waals surface area contributed by atoms with Gasteiger partial charge in [0.05, 0.1) is 31.7 Å². The molecule has 0 atom stereocenters. The van der Waals surface area contributed by atoms with Crippen LogP contribution in [0.15, 0.2) is 93.1 Å². The largest absolute Gasteiger partial charge is 0.495 e. The van der Waals surface area contributed by atoms with Crippen LogP contribution in [0.2, 0.25) is 0 Å². The van der Waals surface area contributed by atoms with Crippen LogP contribution >= 0.6 is 15.9 Å². The fourth-order valence-electron chi connectivity index (χ4n) is 4.20. The molecule has 0 spiro atoms. The zero-order valence-corrected chi connectivity index (χ0v) is 23.2. The minimum atomic E-state index is -0.643. The number of aromatic nitrogens is 1. The monoisotopic (exact) mass is 601 g/mol. The summed E-state index contributed by atoms with van der Waals surface area (Å²) in [7, 11) is 1.58. The molecule has 5 aromatic rings. The van der Waals surface area contributed by atoms with E-state index in [0.717, 1.165) is 21.0 Å². The van der Waals surface area contributed by atoms with E-state index in [9.17, 15) is 9.59 Å². The lowest BCUT2D eigenvalue weighted by molar-refractivity contribution is 0.0695. The summed E-state index contributed by atoms with van der Waals surface area (Å²) >= 11 is 3.62. The third-order valence-electron chi connectivity index (χ3n) is 5.95. The van der Waals surface area contributed by atoms with Crippen LogP contribution in [0, 0.1) is 0 Å². The van der Waals surface area contributed by atoms with Crippen molar-refractivity contribution in [3.8, 4) is 28.4 Å². The van der Waals surface area contributed by atoms with Crippen LogP contribution in [0.1, 0.15) is 33.5 Å². The van der Waals surface area contributed by atoms with Gasteiger partial charge in [0.15, 0.2) is 11.5 Å². The minimum absolute atomic E-state index is 0.0762. The molecule has 2 heterocycles. The Bertz CT molecular complexity index is 1690. The Morgan fingerprint density at radius 3 is 2.55 bits per heavy atom. The molecule has 0 unspecified atom stereocenters. The highest BCUT2D eigenvalue weighted by Gasteiger charge is 2.23. The first-order valence-electron chi connectivity index (χ1n) is 12.3. The fraction of sp³-hybridized carbons (Fsp3) is 0.100. The number of nitrogens with one attached hydrogen (secondary N) is 2. The van der Waals surface area contributed by atoms with Crippen molar-refractivity contribution < 1.29 is 28.2 Å². The van der Waals surface area contributed by atoms with Crippen molar-refractivity contribution >= 4 is 44.9 Å². The van der Waals surface area contributed by atoms with Gasteiger partial charge in [0.1, 0.15) is 11.4 Å². The van der Waals surface area contributed by atoms with Gasteiger partial charge < -0.3 is 23.6 Å². The van der Waals surface area contributed by atoms with Crippen LogP contribution in [0.3, 0.4) is 0 Å². The molecule has 5 rings (SSSR count). The predicted molar refractivity (Wildman–Crippen MR) is 154 cm³/mol. The standard InChI is InChI=1S/C30H24BrN3O6/c1-3-38-24-16-18(11-13-21(24)40-30(36)23-10-7-15-39-23)17-32-34-29(35)28-25(19-8-5-4-6-9-19)26-20(31)12-14-22(37-2)27(26)33-28/h4-17,33H,3H2,1-2H3,(H,34,35). The van der Waals surface area contributed by atoms with Gasteiger partial charge in [-0.25, -0.2) is 10.2 Å². The van der Waals surface area contributed by atoms with E-state index >= 15 is 0 Å². The van der Waals surface area contributed by atoms with Crippen molar-refractivity contribution in [3.63, 3.8) is 0 Å². The van der Waals surface area contributed by atoms with E-state index < -0.39 is 11.9 Å². The second-order valence-electron chi connectivity index (χ2n) is 8.45. The Morgan fingerprint density at radius 1 is 1.02 bits per heavy atom. The number of benzene rings is 3. The SMILES string of the molecule is CCOc1cc(C=NNC(=O)c2[nH]c3c(OC)ccc(Br)c3c2-c2ccccc2)ccc1OC(=O)c1ccco1. The molecule has 0 bridgehead atoms. The van der Waals surface area contributed by atoms with Crippen LogP contribution in [0.5, 0.6) is 17.2 Å². The molecular formula is C30H24BrN3O6. The first-order valence-corrected chi connectivity index (χ1v) is 13.1. The lowest BCUT2D eigenvalue weighted by Crippen LogP contribution is -2.19. The van der Waals surface area contributed by atoms with Crippen LogP contribution < -0.4 is 19.6 Å². The Morgan fingerprint density at radius 2 is 1.82 bits per heavy atom. The van der Waals surface area contributed by atoms with Gasteiger partial charge in [0, 0.05) is 15.4 Å². The Kier molecular flexibility index (Phi) is 7.97. The molecule has 0 saturated carbocycles. The lowest BCUT2D eigenvalue weighted by atomic mass is 10.0. The van der Waals surface area contributed by atoms with Crippen molar-refractivity contribution in [3.05, 3.63) is 101 Å². The molecule has 2 aromatic heterocycles. The van der Waals surface area contributed by atoms with E-state index in [1.54, 1.807) is 31.4 Å². The van der Waals surface area contributed by atoms with Crippen molar-refractivity contribution in [1.82, 2.24) is 10.4 Å². The Labute approximate surface area is 237 Å². The van der Waals surface area contributed by atoms with Gasteiger partial charge in [-0.15, -0.1) is 0 Å². The Hall–Kier alpha value is -4.83. The highest BCUT2D eigenvalue weighted by molar-refractivity contribution is 9.10. The normalized spacial score (nSPS) is 11.1. The van der Waals surface area contributed by atoms with E-state index in [2.05, 4.69) is 31.4 Å². The number of H-pyrrole nitrogens is 1. The average Bonchev–Trinajstić information content (AvgIpc) is 3.65. The van der Waals surface area contributed by atoms with Crippen LogP contribution in [-0.2, 0) is 0 Å². The second-order valence-corrected chi connectivity index (χ2v) is 9.30. The fourth-order valence-corrected chi connectivity index (χ4v) is 4.73. The third-order valence-corrected chi connectivity index (χ3v) is 6.61. The number of ether oxygens (including phenoxy) is 3. The number of halogens is 1. The molecule has 3 aromatic carbocycles. The number of nitrogens with zero attached hydrogens (tertiary/aromatic N) is 1. The molecule has 0 fully saturated rings. The van der Waals surface area contributed by atoms with Crippen LogP contribution in [0.25, 0.3) is 22.0 Å². The summed E-state index contributed by atoms with van der Waals surface area (Å²) in [5, 5.41) is 4.97. The van der Waals surface area contributed by atoms with Crippen LogP contribution in [-0.4, -0.2) is 36.8 Å². The van der Waals surface area contributed by atoms with Gasteiger partial charge in [-0.05, 0) is 60.5 Å². The average molecular weight is 602 g/mol. The summed E-state index contributed by atoms with van der Waals surface area (Å²) in [6, 6.07) is 21.3. The summed E-state index contributed by atoms with van der Waals surface area (Å²) in [5.41, 5.74) is 5.81. The van der Waals surface area contributed by atoms with Gasteiger partial charge >= 0.3 is 5.97 Å². The summed E-state index contributed by atoms with van der Waals surface area (Å²) in [4.78, 5) is 28.9. The van der Waals surface area contributed by atoms with Crippen LogP contribution in [0.4, 0.5) is 0 Å². The maximum atomic E-state index is 13.4. The molecule has 0 saturated heterocycles. The molecule has 0 radical (unpaired) electrons. The van der Waals surface area contributed by atoms with Gasteiger partial charge in [0.25, 0.3) is 5.91 Å². The second kappa shape index (κ2) is 11.9. The van der Waals surface area contributed by atoms with E-state index in [-0.39, 0.29) is 11.5 Å². The van der Waals surface area contributed by atoms with Crippen molar-refractivity contribution in [2.75, 3.05) is 13.7 Å². The summed E-state index contributed by atoms with van der Waals surface area (Å²) in [6.45, 7) is 2.17. The number of amides is 1. The molecular weight excluding hydrogens is 578 g/mol. The number of hydrogen-bond acceptors (Lipinski definition) is 7. The third kappa shape index (κ3) is 5.48. The summed E-state index contributed by atoms with van der Waals surface area (Å²) in [6.07, 6.45) is 2.86. The number of fused-ring (bicyclic) bond motifs is 1. The number of carbonyl (C=O) groups excluding carboxylic acids is 2. The predicted octanol–water partition coefficient (Wildman–Crippen LogP) is 6.58. The zero-order valence-electron chi connectivity index (χ0n) is 21.6. The van der Waals surface area contributed by atoms with Gasteiger partial charge in [-0.1, -0.05) is 46.3 Å². The molecule has 202 valence electrons. The molecule has 1 amide bonds. The maximum absolute atomic E-state index is 13.4. The van der Waals surface area contributed by atoms with Gasteiger partial charge in [-0.2, -0.15) is 5.10 Å². The number of methoxy groups -OCH3 is 1. The quantitative estimate of drug-likeness (QED) is 0.0853. The molecule has 9 nitrogen and oxygen atoms in total. The summed E-state index contributed by atoms with van der Waals surface area (Å²) < 4.78 is 22.5. The van der Waals surface area contributed by atoms with Gasteiger partial charge in [-0.3, -0.25) is 4.79 Å². The molecule has 40 heavy (non-hydrogen) atoms. The maximum Gasteiger partial charge on any atom is 0.379 e. The van der Waals surface area contributed by atoms with E-state index in [0.29, 0.717) is 34.9 Å².